The molecule has 0 fully saturated rings. The van der Waals surface area contributed by atoms with Crippen LogP contribution in [0.15, 0.2) is 39.5 Å². The van der Waals surface area contributed by atoms with E-state index in [1.807, 2.05) is 0 Å². The van der Waals surface area contributed by atoms with Crippen molar-refractivity contribution < 1.29 is 9.32 Å². The second kappa shape index (κ2) is 4.67. The molecule has 6 heteroatoms. The number of amides is 1. The maximum absolute atomic E-state index is 11.6. The summed E-state index contributed by atoms with van der Waals surface area (Å²) in [5.41, 5.74) is 0.623. The Morgan fingerprint density at radius 2 is 2.25 bits per heavy atom. The van der Waals surface area contributed by atoms with Crippen LogP contribution in [0.4, 0.5) is 5.69 Å². The van der Waals surface area contributed by atoms with Gasteiger partial charge < -0.3 is 9.84 Å². The van der Waals surface area contributed by atoms with Crippen molar-refractivity contribution in [2.45, 2.75) is 0 Å². The highest BCUT2D eigenvalue weighted by Crippen LogP contribution is 2.25. The van der Waals surface area contributed by atoms with E-state index in [2.05, 4.69) is 26.4 Å². The van der Waals surface area contributed by atoms with Crippen LogP contribution in [-0.2, 0) is 0 Å². The molecule has 16 heavy (non-hydrogen) atoms. The third-order valence-corrected chi connectivity index (χ3v) is 3.05. The highest BCUT2D eigenvalue weighted by Gasteiger charge is 2.10. The third-order valence-electron chi connectivity index (χ3n) is 1.84. The number of hydrogen-bond donors (Lipinski definition) is 1. The van der Waals surface area contributed by atoms with Gasteiger partial charge in [-0.15, -0.1) is 0 Å². The molecule has 0 aliphatic carbocycles. The predicted molar refractivity (Wildman–Crippen MR) is 63.6 cm³/mol. The van der Waals surface area contributed by atoms with Gasteiger partial charge in [-0.25, -0.2) is 0 Å². The molecule has 0 radical (unpaired) electrons. The maximum Gasteiger partial charge on any atom is 0.294 e. The average Bonchev–Trinajstić information content (AvgIpc) is 2.77. The summed E-state index contributed by atoms with van der Waals surface area (Å²) in [6, 6.07) is 6.57. The Labute approximate surface area is 105 Å². The van der Waals surface area contributed by atoms with Crippen molar-refractivity contribution >= 4 is 39.1 Å². The summed E-state index contributed by atoms with van der Waals surface area (Å²) in [4.78, 5) is 11.6. The van der Waals surface area contributed by atoms with E-state index in [-0.39, 0.29) is 11.7 Å². The number of halogens is 2. The number of anilines is 1. The van der Waals surface area contributed by atoms with E-state index in [1.54, 1.807) is 18.2 Å². The van der Waals surface area contributed by atoms with Crippen molar-refractivity contribution in [1.82, 2.24) is 5.16 Å². The topological polar surface area (TPSA) is 55.1 Å². The summed E-state index contributed by atoms with van der Waals surface area (Å²) < 4.78 is 5.43. The van der Waals surface area contributed by atoms with Crippen LogP contribution in [0.3, 0.4) is 0 Å². The summed E-state index contributed by atoms with van der Waals surface area (Å²) in [5.74, 6) is -0.196. The summed E-state index contributed by atoms with van der Waals surface area (Å²) in [6.07, 6.45) is 1.41. The van der Waals surface area contributed by atoms with E-state index in [0.717, 1.165) is 0 Å². The van der Waals surface area contributed by atoms with Crippen LogP contribution in [0, 0.1) is 0 Å². The molecule has 1 heterocycles. The second-order valence-electron chi connectivity index (χ2n) is 2.96. The zero-order valence-corrected chi connectivity index (χ0v) is 10.2. The summed E-state index contributed by atoms with van der Waals surface area (Å²) in [6.45, 7) is 0. The summed E-state index contributed by atoms with van der Waals surface area (Å²) in [7, 11) is 0. The zero-order valence-electron chi connectivity index (χ0n) is 7.91. The smallest absolute Gasteiger partial charge is 0.294 e. The van der Waals surface area contributed by atoms with Crippen LogP contribution in [0.5, 0.6) is 0 Å². The monoisotopic (exact) mass is 300 g/mol. The molecule has 1 aromatic heterocycles. The molecule has 2 rings (SSSR count). The van der Waals surface area contributed by atoms with Crippen LogP contribution in [0.2, 0.25) is 5.02 Å². The third kappa shape index (κ3) is 2.43. The van der Waals surface area contributed by atoms with E-state index in [1.165, 1.54) is 12.3 Å². The second-order valence-corrected chi connectivity index (χ2v) is 4.22. The van der Waals surface area contributed by atoms with Crippen molar-refractivity contribution in [3.8, 4) is 0 Å². The van der Waals surface area contributed by atoms with Gasteiger partial charge in [-0.05, 0) is 34.1 Å². The maximum atomic E-state index is 11.6. The number of nitrogens with zero attached hydrogens (tertiary/aromatic N) is 1. The van der Waals surface area contributed by atoms with Gasteiger partial charge in [-0.3, -0.25) is 4.79 Å². The molecule has 1 aromatic carbocycles. The number of aromatic nitrogens is 1. The molecule has 0 aliphatic rings. The molecule has 0 saturated heterocycles. The first-order chi connectivity index (χ1) is 7.66. The molecule has 0 spiro atoms. The Morgan fingerprint density at radius 3 is 2.88 bits per heavy atom. The Bertz CT molecular complexity index is 514. The fourth-order valence-electron chi connectivity index (χ4n) is 1.10. The predicted octanol–water partition coefficient (Wildman–Crippen LogP) is 3.34. The van der Waals surface area contributed by atoms with Crippen molar-refractivity contribution in [1.29, 1.82) is 0 Å². The highest BCUT2D eigenvalue weighted by molar-refractivity contribution is 9.10. The lowest BCUT2D eigenvalue weighted by atomic mass is 10.3. The number of carbonyl (C=O) groups excluding carboxylic acids is 1. The first-order valence-electron chi connectivity index (χ1n) is 4.34. The fourth-order valence-corrected chi connectivity index (χ4v) is 1.60. The normalized spacial score (nSPS) is 10.1. The lowest BCUT2D eigenvalue weighted by molar-refractivity contribution is 0.0988. The Hall–Kier alpha value is -1.33. The molecule has 0 atom stereocenters. The van der Waals surface area contributed by atoms with E-state index < -0.39 is 0 Å². The van der Waals surface area contributed by atoms with Crippen LogP contribution >= 0.6 is 27.5 Å². The average molecular weight is 302 g/mol. The van der Waals surface area contributed by atoms with Gasteiger partial charge in [-0.2, -0.15) is 0 Å². The SMILES string of the molecule is O=C(Nc1ccc(Cl)c(Br)c1)c1ccno1. The van der Waals surface area contributed by atoms with Gasteiger partial charge in [0.2, 0.25) is 5.76 Å². The summed E-state index contributed by atoms with van der Waals surface area (Å²) >= 11 is 9.09. The largest absolute Gasteiger partial charge is 0.351 e. The van der Waals surface area contributed by atoms with Gasteiger partial charge in [-0.1, -0.05) is 16.8 Å². The van der Waals surface area contributed by atoms with Crippen LogP contribution in [0.1, 0.15) is 10.6 Å². The van der Waals surface area contributed by atoms with Gasteiger partial charge in [0.25, 0.3) is 5.91 Å². The molecule has 0 aliphatic heterocycles. The number of carbonyl (C=O) groups is 1. The van der Waals surface area contributed by atoms with Crippen LogP contribution in [-0.4, -0.2) is 11.1 Å². The van der Waals surface area contributed by atoms with E-state index in [4.69, 9.17) is 16.1 Å². The molecule has 4 nitrogen and oxygen atoms in total. The molecule has 1 N–H and O–H groups in total. The Morgan fingerprint density at radius 1 is 1.44 bits per heavy atom. The van der Waals surface area contributed by atoms with E-state index in [9.17, 15) is 4.79 Å². The van der Waals surface area contributed by atoms with Crippen molar-refractivity contribution in [3.05, 3.63) is 45.7 Å². The minimum absolute atomic E-state index is 0.158. The molecular weight excluding hydrogens is 295 g/mol. The number of rotatable bonds is 2. The van der Waals surface area contributed by atoms with E-state index >= 15 is 0 Å². The van der Waals surface area contributed by atoms with Gasteiger partial charge in [0.05, 0.1) is 11.2 Å². The molecule has 0 saturated carbocycles. The minimum atomic E-state index is -0.355. The molecular formula is C10H6BrClN2O2. The minimum Gasteiger partial charge on any atom is -0.351 e. The summed E-state index contributed by atoms with van der Waals surface area (Å²) in [5, 5.41) is 6.68. The van der Waals surface area contributed by atoms with E-state index in [0.29, 0.717) is 15.2 Å². The molecule has 0 unspecified atom stereocenters. The lowest BCUT2D eigenvalue weighted by Crippen LogP contribution is -2.10. The van der Waals surface area contributed by atoms with Crippen molar-refractivity contribution in [3.63, 3.8) is 0 Å². The molecule has 1 amide bonds. The Kier molecular flexibility index (Phi) is 3.26. The zero-order chi connectivity index (χ0) is 11.5. The van der Waals surface area contributed by atoms with Crippen molar-refractivity contribution in [2.75, 3.05) is 5.32 Å². The van der Waals surface area contributed by atoms with Gasteiger partial charge in [0.1, 0.15) is 0 Å². The molecule has 82 valence electrons. The molecule has 0 bridgehead atoms. The number of nitrogens with one attached hydrogen (secondary N) is 1. The number of hydrogen-bond acceptors (Lipinski definition) is 3. The van der Waals surface area contributed by atoms with Crippen LogP contribution < -0.4 is 5.32 Å². The van der Waals surface area contributed by atoms with Crippen molar-refractivity contribution in [2.24, 2.45) is 0 Å². The Balaban J connectivity index is 2.15. The van der Waals surface area contributed by atoms with Gasteiger partial charge >= 0.3 is 0 Å². The van der Waals surface area contributed by atoms with Gasteiger partial charge in [0.15, 0.2) is 0 Å². The first kappa shape index (κ1) is 11.2. The lowest BCUT2D eigenvalue weighted by Gasteiger charge is -2.03. The molecule has 2 aromatic rings. The highest BCUT2D eigenvalue weighted by atomic mass is 79.9. The number of benzene rings is 1. The van der Waals surface area contributed by atoms with Gasteiger partial charge in [0, 0.05) is 16.2 Å². The fraction of sp³-hybridized carbons (Fsp3) is 0. The quantitative estimate of drug-likeness (QED) is 0.925. The first-order valence-corrected chi connectivity index (χ1v) is 5.51. The van der Waals surface area contributed by atoms with Crippen LogP contribution in [0.25, 0.3) is 0 Å². The standard InChI is InChI=1S/C10H6BrClN2O2/c11-7-5-6(1-2-8(7)12)14-10(15)9-3-4-13-16-9/h1-5H,(H,14,15).